The van der Waals surface area contributed by atoms with E-state index in [1.807, 2.05) is 19.6 Å². The molecular weight excluding hydrogens is 293 g/mol. The first-order valence-corrected chi connectivity index (χ1v) is 7.83. The molecule has 3 aromatic rings. The molecule has 122 valence electrons. The van der Waals surface area contributed by atoms with Gasteiger partial charge in [-0.05, 0) is 31.2 Å². The number of nitrogens with zero attached hydrogens (tertiary/aromatic N) is 4. The maximum absolute atomic E-state index is 13.2. The predicted molar refractivity (Wildman–Crippen MR) is 88.3 cm³/mol. The number of hydrogen-bond donors (Lipinski definition) is 1. The molecule has 2 heterocycles. The molecule has 0 aliphatic heterocycles. The van der Waals surface area contributed by atoms with Gasteiger partial charge >= 0.3 is 0 Å². The maximum Gasteiger partial charge on any atom is 0.125 e. The number of rotatable bonds is 6. The summed E-state index contributed by atoms with van der Waals surface area (Å²) >= 11 is 0. The predicted octanol–water partition coefficient (Wildman–Crippen LogP) is 3.19. The van der Waals surface area contributed by atoms with Crippen LogP contribution in [-0.4, -0.2) is 31.5 Å². The number of aromatic nitrogens is 4. The Hall–Kier alpha value is -2.21. The number of halogens is 1. The molecule has 1 aromatic carbocycles. The topological polar surface area (TPSA) is 49.7 Å². The largest absolute Gasteiger partial charge is 0.341 e. The second-order valence-electron chi connectivity index (χ2n) is 6.45. The lowest BCUT2D eigenvalue weighted by atomic mass is 10.2. The monoisotopic (exact) mass is 315 g/mol. The molecule has 2 aromatic heterocycles. The molecule has 0 radical (unpaired) electrons. The molecule has 0 aliphatic rings. The molecule has 0 saturated heterocycles. The van der Waals surface area contributed by atoms with Crippen molar-refractivity contribution in [2.24, 2.45) is 5.92 Å². The number of fused-ring (bicyclic) bond motifs is 1. The van der Waals surface area contributed by atoms with E-state index in [2.05, 4.69) is 38.3 Å². The van der Waals surface area contributed by atoms with Crippen molar-refractivity contribution in [3.8, 4) is 0 Å². The first-order valence-electron chi connectivity index (χ1n) is 7.83. The van der Waals surface area contributed by atoms with Crippen molar-refractivity contribution >= 4 is 11.0 Å². The van der Waals surface area contributed by atoms with Gasteiger partial charge < -0.3 is 9.55 Å². The molecule has 6 heteroatoms. The van der Waals surface area contributed by atoms with Gasteiger partial charge in [0.25, 0.3) is 0 Å². The standard InChI is InChI=1S/C17H22FN5/c1-12(2)8-23-11-19-7-14(23)9-22(3)10-17-20-15-5-4-13(18)6-16(15)21-17/h4-7,11-12H,8-10H2,1-3H3,(H,20,21). The lowest BCUT2D eigenvalue weighted by molar-refractivity contribution is 0.300. The average Bonchev–Trinajstić information content (AvgIpc) is 3.04. The molecule has 1 N–H and O–H groups in total. The third-order valence-corrected chi connectivity index (χ3v) is 3.70. The van der Waals surface area contributed by atoms with Gasteiger partial charge in [0, 0.05) is 19.3 Å². The molecular formula is C17H22FN5. The molecule has 3 rings (SSSR count). The summed E-state index contributed by atoms with van der Waals surface area (Å²) in [5.74, 6) is 1.17. The quantitative estimate of drug-likeness (QED) is 0.760. The van der Waals surface area contributed by atoms with Gasteiger partial charge in [0.2, 0.25) is 0 Å². The second kappa shape index (κ2) is 6.50. The van der Waals surface area contributed by atoms with Crippen LogP contribution in [0.4, 0.5) is 4.39 Å². The van der Waals surface area contributed by atoms with Crippen molar-refractivity contribution in [1.82, 2.24) is 24.4 Å². The SMILES string of the molecule is CC(C)Cn1cncc1CN(C)Cc1nc2ccc(F)cc2[nH]1. The minimum atomic E-state index is -0.251. The lowest BCUT2D eigenvalue weighted by Crippen LogP contribution is -2.20. The summed E-state index contributed by atoms with van der Waals surface area (Å²) in [6, 6.07) is 4.60. The normalized spacial score (nSPS) is 11.9. The van der Waals surface area contributed by atoms with E-state index in [0.717, 1.165) is 29.9 Å². The highest BCUT2D eigenvalue weighted by molar-refractivity contribution is 5.74. The van der Waals surface area contributed by atoms with Crippen LogP contribution < -0.4 is 0 Å². The smallest absolute Gasteiger partial charge is 0.125 e. The van der Waals surface area contributed by atoms with Crippen LogP contribution in [0.1, 0.15) is 25.4 Å². The van der Waals surface area contributed by atoms with Gasteiger partial charge in [-0.1, -0.05) is 13.8 Å². The van der Waals surface area contributed by atoms with E-state index in [1.165, 1.54) is 17.8 Å². The Bertz CT molecular complexity index is 789. The summed E-state index contributed by atoms with van der Waals surface area (Å²) in [5, 5.41) is 0. The van der Waals surface area contributed by atoms with Gasteiger partial charge in [-0.2, -0.15) is 0 Å². The summed E-state index contributed by atoms with van der Waals surface area (Å²) < 4.78 is 15.4. The molecule has 0 saturated carbocycles. The highest BCUT2D eigenvalue weighted by Gasteiger charge is 2.10. The first-order chi connectivity index (χ1) is 11.0. The fourth-order valence-electron chi connectivity index (χ4n) is 2.74. The third kappa shape index (κ3) is 3.76. The van der Waals surface area contributed by atoms with Gasteiger partial charge in [0.1, 0.15) is 11.6 Å². The van der Waals surface area contributed by atoms with Crippen LogP contribution in [0.2, 0.25) is 0 Å². The van der Waals surface area contributed by atoms with Crippen LogP contribution >= 0.6 is 0 Å². The number of imidazole rings is 2. The fraction of sp³-hybridized carbons (Fsp3) is 0.412. The zero-order valence-corrected chi connectivity index (χ0v) is 13.8. The van der Waals surface area contributed by atoms with Crippen molar-refractivity contribution in [2.45, 2.75) is 33.5 Å². The zero-order valence-electron chi connectivity index (χ0n) is 13.8. The molecule has 23 heavy (non-hydrogen) atoms. The molecule has 0 aliphatic carbocycles. The Morgan fingerprint density at radius 1 is 1.30 bits per heavy atom. The van der Waals surface area contributed by atoms with E-state index >= 15 is 0 Å². The molecule has 0 unspecified atom stereocenters. The summed E-state index contributed by atoms with van der Waals surface area (Å²) in [6.07, 6.45) is 3.79. The van der Waals surface area contributed by atoms with Gasteiger partial charge in [0.05, 0.1) is 29.6 Å². The van der Waals surface area contributed by atoms with Gasteiger partial charge in [-0.25, -0.2) is 14.4 Å². The minimum Gasteiger partial charge on any atom is -0.341 e. The minimum absolute atomic E-state index is 0.251. The summed E-state index contributed by atoms with van der Waals surface area (Å²) in [4.78, 5) is 14.1. The Morgan fingerprint density at radius 2 is 2.13 bits per heavy atom. The Morgan fingerprint density at radius 3 is 2.91 bits per heavy atom. The average molecular weight is 315 g/mol. The second-order valence-corrected chi connectivity index (χ2v) is 6.45. The van der Waals surface area contributed by atoms with E-state index < -0.39 is 0 Å². The maximum atomic E-state index is 13.2. The van der Waals surface area contributed by atoms with Crippen LogP contribution in [0, 0.1) is 11.7 Å². The van der Waals surface area contributed by atoms with Crippen LogP contribution in [0.5, 0.6) is 0 Å². The fourth-order valence-corrected chi connectivity index (χ4v) is 2.74. The molecule has 0 spiro atoms. The zero-order chi connectivity index (χ0) is 16.4. The number of H-pyrrole nitrogens is 1. The van der Waals surface area contributed by atoms with Crippen molar-refractivity contribution in [2.75, 3.05) is 7.05 Å². The van der Waals surface area contributed by atoms with E-state index in [9.17, 15) is 4.39 Å². The molecule has 5 nitrogen and oxygen atoms in total. The van der Waals surface area contributed by atoms with E-state index in [0.29, 0.717) is 12.5 Å². The summed E-state index contributed by atoms with van der Waals surface area (Å²) in [6.45, 7) is 6.82. The van der Waals surface area contributed by atoms with Crippen molar-refractivity contribution in [1.29, 1.82) is 0 Å². The molecule has 0 fully saturated rings. The third-order valence-electron chi connectivity index (χ3n) is 3.70. The number of nitrogens with one attached hydrogen (secondary N) is 1. The van der Waals surface area contributed by atoms with Gasteiger partial charge in [0.15, 0.2) is 0 Å². The first kappa shape index (κ1) is 15.7. The Labute approximate surface area is 135 Å². The lowest BCUT2D eigenvalue weighted by Gasteiger charge is -2.17. The van der Waals surface area contributed by atoms with E-state index in [1.54, 1.807) is 6.07 Å². The van der Waals surface area contributed by atoms with Crippen LogP contribution in [0.25, 0.3) is 11.0 Å². The van der Waals surface area contributed by atoms with Crippen molar-refractivity contribution < 1.29 is 4.39 Å². The van der Waals surface area contributed by atoms with Crippen molar-refractivity contribution in [3.63, 3.8) is 0 Å². The van der Waals surface area contributed by atoms with Crippen LogP contribution in [0.15, 0.2) is 30.7 Å². The van der Waals surface area contributed by atoms with Crippen LogP contribution in [0.3, 0.4) is 0 Å². The van der Waals surface area contributed by atoms with E-state index in [4.69, 9.17) is 0 Å². The molecule has 0 bridgehead atoms. The van der Waals surface area contributed by atoms with Crippen LogP contribution in [-0.2, 0) is 19.6 Å². The Kier molecular flexibility index (Phi) is 4.43. The van der Waals surface area contributed by atoms with Gasteiger partial charge in [-0.15, -0.1) is 0 Å². The highest BCUT2D eigenvalue weighted by Crippen LogP contribution is 2.14. The number of aromatic amines is 1. The number of hydrogen-bond acceptors (Lipinski definition) is 3. The van der Waals surface area contributed by atoms with E-state index in [-0.39, 0.29) is 5.82 Å². The number of benzene rings is 1. The van der Waals surface area contributed by atoms with Gasteiger partial charge in [-0.3, -0.25) is 4.90 Å². The van der Waals surface area contributed by atoms with Crippen molar-refractivity contribution in [3.05, 3.63) is 48.1 Å². The summed E-state index contributed by atoms with van der Waals surface area (Å²) in [5.41, 5.74) is 2.71. The highest BCUT2D eigenvalue weighted by atomic mass is 19.1. The Balaban J connectivity index is 1.68. The summed E-state index contributed by atoms with van der Waals surface area (Å²) in [7, 11) is 2.04. The molecule has 0 atom stereocenters. The molecule has 0 amide bonds.